The van der Waals surface area contributed by atoms with Gasteiger partial charge in [-0.25, -0.2) is 15.4 Å². The Morgan fingerprint density at radius 3 is 2.88 bits per heavy atom. The predicted octanol–water partition coefficient (Wildman–Crippen LogP) is 3.80. The number of hydrogen-bond donors (Lipinski definition) is 0. The predicted molar refractivity (Wildman–Crippen MR) is 157 cm³/mol. The SMILES string of the molecule is [C-]#[N+]C[C@H]1CN(c2nc(OC[C@@H]3CCCN3C)nc3c(F)c(-c4cccc5c4CCOC5)ncc23)CCN1C(=O)C(=C)F. The van der Waals surface area contributed by atoms with Crippen molar-refractivity contribution in [3.63, 3.8) is 0 Å². The molecule has 0 aliphatic carbocycles. The molecule has 1 aromatic carbocycles. The zero-order valence-corrected chi connectivity index (χ0v) is 24.1. The first-order valence-corrected chi connectivity index (χ1v) is 14.5. The van der Waals surface area contributed by atoms with Crippen molar-refractivity contribution in [3.05, 3.63) is 65.2 Å². The second-order valence-electron chi connectivity index (χ2n) is 11.2. The summed E-state index contributed by atoms with van der Waals surface area (Å²) in [4.78, 5) is 35.2. The highest BCUT2D eigenvalue weighted by atomic mass is 19.1. The number of anilines is 1. The van der Waals surface area contributed by atoms with E-state index in [2.05, 4.69) is 26.3 Å². The summed E-state index contributed by atoms with van der Waals surface area (Å²) >= 11 is 0. The van der Waals surface area contributed by atoms with Crippen LogP contribution in [0.4, 0.5) is 14.6 Å². The largest absolute Gasteiger partial charge is 0.462 e. The number of carbonyl (C=O) groups excluding carboxylic acids is 1. The molecule has 0 saturated carbocycles. The van der Waals surface area contributed by atoms with Gasteiger partial charge in [0.05, 0.1) is 18.6 Å². The summed E-state index contributed by atoms with van der Waals surface area (Å²) in [7, 11) is 2.04. The number of halogens is 2. The number of piperazine rings is 1. The third-order valence-corrected chi connectivity index (χ3v) is 8.58. The molecule has 0 spiro atoms. The van der Waals surface area contributed by atoms with Crippen LogP contribution in [-0.4, -0.2) is 95.7 Å². The van der Waals surface area contributed by atoms with Gasteiger partial charge in [0, 0.05) is 37.4 Å². The summed E-state index contributed by atoms with van der Waals surface area (Å²) in [5.41, 5.74) is 2.98. The van der Waals surface area contributed by atoms with Crippen LogP contribution in [0, 0.1) is 12.4 Å². The van der Waals surface area contributed by atoms with E-state index in [1.807, 2.05) is 30.1 Å². The number of likely N-dealkylation sites (tertiary alicyclic amines) is 1. The number of amides is 1. The highest BCUT2D eigenvalue weighted by Gasteiger charge is 2.35. The molecule has 12 heteroatoms. The van der Waals surface area contributed by atoms with Crippen LogP contribution in [0.3, 0.4) is 0 Å². The Morgan fingerprint density at radius 1 is 1.26 bits per heavy atom. The number of aromatic nitrogens is 3. The third kappa shape index (κ3) is 5.62. The summed E-state index contributed by atoms with van der Waals surface area (Å²) in [6, 6.07) is 5.34. The van der Waals surface area contributed by atoms with Gasteiger partial charge in [-0.1, -0.05) is 24.8 Å². The van der Waals surface area contributed by atoms with Crippen LogP contribution >= 0.6 is 0 Å². The van der Waals surface area contributed by atoms with E-state index < -0.39 is 23.6 Å². The fourth-order valence-corrected chi connectivity index (χ4v) is 6.25. The summed E-state index contributed by atoms with van der Waals surface area (Å²) in [6.45, 7) is 13.5. The molecule has 5 heterocycles. The van der Waals surface area contributed by atoms with Gasteiger partial charge in [-0.15, -0.1) is 0 Å². The number of nitrogens with zero attached hydrogens (tertiary/aromatic N) is 7. The van der Waals surface area contributed by atoms with Crippen LogP contribution in [0.1, 0.15) is 24.0 Å². The van der Waals surface area contributed by atoms with Gasteiger partial charge < -0.3 is 29.0 Å². The number of benzene rings is 1. The van der Waals surface area contributed by atoms with Crippen LogP contribution in [0.5, 0.6) is 6.01 Å². The van der Waals surface area contributed by atoms with Crippen LogP contribution in [0.2, 0.25) is 0 Å². The fraction of sp³-hybridized carbons (Fsp3) is 0.452. The highest BCUT2D eigenvalue weighted by Crippen LogP contribution is 2.36. The molecule has 2 atom stereocenters. The molecule has 43 heavy (non-hydrogen) atoms. The van der Waals surface area contributed by atoms with E-state index in [1.165, 1.54) is 4.90 Å². The zero-order chi connectivity index (χ0) is 30.1. The van der Waals surface area contributed by atoms with Gasteiger partial charge >= 0.3 is 6.01 Å². The first-order valence-electron chi connectivity index (χ1n) is 14.5. The minimum absolute atomic E-state index is 0.0322. The van der Waals surface area contributed by atoms with Crippen LogP contribution in [0.25, 0.3) is 27.0 Å². The lowest BCUT2D eigenvalue weighted by atomic mass is 9.94. The first-order chi connectivity index (χ1) is 20.9. The van der Waals surface area contributed by atoms with Gasteiger partial charge in [-0.2, -0.15) is 9.97 Å². The van der Waals surface area contributed by atoms with Crippen molar-refractivity contribution in [3.8, 4) is 17.3 Å². The first kappa shape index (κ1) is 28.9. The summed E-state index contributed by atoms with van der Waals surface area (Å²) in [5.74, 6) is -2.09. The Labute approximate surface area is 248 Å². The average molecular weight is 590 g/mol. The maximum atomic E-state index is 16.5. The molecule has 6 rings (SSSR count). The molecule has 0 radical (unpaired) electrons. The number of pyridine rings is 1. The van der Waals surface area contributed by atoms with Crippen LogP contribution in [0.15, 0.2) is 36.8 Å². The lowest BCUT2D eigenvalue weighted by molar-refractivity contribution is -0.131. The van der Waals surface area contributed by atoms with Crippen LogP contribution < -0.4 is 9.64 Å². The maximum Gasteiger partial charge on any atom is 0.319 e. The molecule has 0 unspecified atom stereocenters. The molecular formula is C31H33F2N7O3. The third-order valence-electron chi connectivity index (χ3n) is 8.58. The normalized spacial score (nSPS) is 20.6. The van der Waals surface area contributed by atoms with Crippen molar-refractivity contribution in [2.75, 3.05) is 57.9 Å². The number of ether oxygens (including phenoxy) is 2. The second kappa shape index (κ2) is 12.2. The van der Waals surface area contributed by atoms with Crippen molar-refractivity contribution in [1.29, 1.82) is 0 Å². The Bertz CT molecular complexity index is 1610. The standard InChI is InChI=1S/C31H33F2N7O3/c1-19(32)30(41)40-12-11-39(16-22(40)14-34-2)29-25-15-35-27(24-8-4-6-20-17-42-13-9-23(20)24)26(33)28(25)36-31(37-29)43-18-21-7-5-10-38(21)3/h4,6,8,15,21-22H,1,5,7,9-14,16-18H2,3H3/t21-,22-/m0/s1. The Kier molecular flexibility index (Phi) is 8.19. The minimum atomic E-state index is -1.07. The van der Waals surface area contributed by atoms with E-state index >= 15 is 4.39 Å². The number of carbonyl (C=O) groups is 1. The van der Waals surface area contributed by atoms with E-state index in [4.69, 9.17) is 21.0 Å². The lowest BCUT2D eigenvalue weighted by Gasteiger charge is -2.39. The van der Waals surface area contributed by atoms with Crippen LogP contribution in [-0.2, 0) is 22.6 Å². The summed E-state index contributed by atoms with van der Waals surface area (Å²) < 4.78 is 42.0. The van der Waals surface area contributed by atoms with Crippen molar-refractivity contribution in [1.82, 2.24) is 24.8 Å². The minimum Gasteiger partial charge on any atom is -0.462 e. The van der Waals surface area contributed by atoms with Gasteiger partial charge in [0.1, 0.15) is 29.7 Å². The molecule has 3 aliphatic heterocycles. The highest BCUT2D eigenvalue weighted by molar-refractivity contribution is 5.93. The van der Waals surface area contributed by atoms with E-state index in [0.29, 0.717) is 43.0 Å². The monoisotopic (exact) mass is 589 g/mol. The molecule has 2 aromatic heterocycles. The number of hydrogen-bond acceptors (Lipinski definition) is 8. The summed E-state index contributed by atoms with van der Waals surface area (Å²) in [6.07, 6.45) is 4.28. The Hall–Kier alpha value is -4.21. The lowest BCUT2D eigenvalue weighted by Crippen LogP contribution is -2.56. The van der Waals surface area contributed by atoms with Crippen molar-refractivity contribution < 1.29 is 23.0 Å². The molecule has 10 nitrogen and oxygen atoms in total. The fourth-order valence-electron chi connectivity index (χ4n) is 6.25. The number of fused-ring (bicyclic) bond motifs is 2. The van der Waals surface area contributed by atoms with Gasteiger partial charge in [0.15, 0.2) is 11.6 Å². The average Bonchev–Trinajstić information content (AvgIpc) is 3.44. The van der Waals surface area contributed by atoms with E-state index in [-0.39, 0.29) is 49.4 Å². The molecule has 2 saturated heterocycles. The quantitative estimate of drug-likeness (QED) is 0.304. The smallest absolute Gasteiger partial charge is 0.319 e. The Morgan fingerprint density at radius 2 is 2.12 bits per heavy atom. The topological polar surface area (TPSA) is 88.3 Å². The van der Waals surface area contributed by atoms with E-state index in [0.717, 1.165) is 30.5 Å². The van der Waals surface area contributed by atoms with Crippen molar-refractivity contribution in [2.24, 2.45) is 0 Å². The van der Waals surface area contributed by atoms with Crippen molar-refractivity contribution >= 4 is 22.6 Å². The molecule has 0 bridgehead atoms. The summed E-state index contributed by atoms with van der Waals surface area (Å²) in [5, 5.41) is 0.385. The van der Waals surface area contributed by atoms with Gasteiger partial charge in [-0.05, 0) is 44.0 Å². The zero-order valence-electron chi connectivity index (χ0n) is 24.1. The Balaban J connectivity index is 1.42. The van der Waals surface area contributed by atoms with E-state index in [9.17, 15) is 9.18 Å². The number of likely N-dealkylation sites (N-methyl/N-ethyl adjacent to an activating group) is 1. The molecule has 3 aliphatic rings. The van der Waals surface area contributed by atoms with Gasteiger partial charge in [0.25, 0.3) is 5.91 Å². The second-order valence-corrected chi connectivity index (χ2v) is 11.2. The maximum absolute atomic E-state index is 16.5. The number of rotatable bonds is 7. The molecule has 1 amide bonds. The van der Waals surface area contributed by atoms with Gasteiger partial charge in [0.2, 0.25) is 6.54 Å². The molecule has 2 fully saturated rings. The molecule has 0 N–H and O–H groups in total. The van der Waals surface area contributed by atoms with Crippen molar-refractivity contribution in [2.45, 2.75) is 38.0 Å². The molecule has 224 valence electrons. The van der Waals surface area contributed by atoms with Gasteiger partial charge in [-0.3, -0.25) is 9.78 Å². The molecule has 3 aromatic rings. The molecular weight excluding hydrogens is 556 g/mol. The van der Waals surface area contributed by atoms with E-state index in [1.54, 1.807) is 6.20 Å².